The quantitative estimate of drug-likeness (QED) is 0.149. The summed E-state index contributed by atoms with van der Waals surface area (Å²) in [5, 5.41) is 2.96. The Morgan fingerprint density at radius 3 is 1.93 bits per heavy atom. The largest absolute Gasteiger partial charge is 0.468 e. The minimum Gasteiger partial charge on any atom is -0.468 e. The summed E-state index contributed by atoms with van der Waals surface area (Å²) in [7, 11) is 1.41. The molecule has 1 N–H and O–H groups in total. The number of imidazole rings is 1. The molecule has 8 heteroatoms. The number of likely N-dealkylation sites (tertiary alicyclic amines) is 1. The van der Waals surface area contributed by atoms with E-state index < -0.39 is 17.7 Å². The molecular formula is C38H38N4O4. The summed E-state index contributed by atoms with van der Waals surface area (Å²) in [5.41, 5.74) is 4.27. The maximum absolute atomic E-state index is 13.1. The fourth-order valence-electron chi connectivity index (χ4n) is 6.45. The van der Waals surface area contributed by atoms with Crippen molar-refractivity contribution in [2.75, 3.05) is 20.2 Å². The van der Waals surface area contributed by atoms with Crippen LogP contribution in [0.4, 0.5) is 4.79 Å². The van der Waals surface area contributed by atoms with Crippen molar-refractivity contribution >= 4 is 12.1 Å². The summed E-state index contributed by atoms with van der Waals surface area (Å²) in [6.07, 6.45) is 4.48. The number of alkyl carbamates (subject to hydrolysis) is 1. The summed E-state index contributed by atoms with van der Waals surface area (Å²) in [6.45, 7) is 1.34. The van der Waals surface area contributed by atoms with E-state index in [0.29, 0.717) is 25.9 Å². The van der Waals surface area contributed by atoms with Gasteiger partial charge in [-0.3, -0.25) is 9.69 Å². The minimum absolute atomic E-state index is 0.144. The van der Waals surface area contributed by atoms with E-state index in [2.05, 4.69) is 87.6 Å². The van der Waals surface area contributed by atoms with Crippen LogP contribution in [0.2, 0.25) is 0 Å². The summed E-state index contributed by atoms with van der Waals surface area (Å²) in [6, 6.07) is 40.1. The van der Waals surface area contributed by atoms with Crippen LogP contribution >= 0.6 is 0 Å². The van der Waals surface area contributed by atoms with Crippen LogP contribution in [-0.4, -0.2) is 58.8 Å². The lowest BCUT2D eigenvalue weighted by Gasteiger charge is -2.37. The predicted molar refractivity (Wildman–Crippen MR) is 176 cm³/mol. The molecule has 2 unspecified atom stereocenters. The molecule has 6 rings (SSSR count). The van der Waals surface area contributed by atoms with E-state index in [1.54, 1.807) is 0 Å². The molecule has 8 nitrogen and oxygen atoms in total. The summed E-state index contributed by atoms with van der Waals surface area (Å²) >= 11 is 0. The molecule has 1 amide bonds. The average molecular weight is 615 g/mol. The van der Waals surface area contributed by atoms with Crippen LogP contribution in [-0.2, 0) is 32.8 Å². The third-order valence-electron chi connectivity index (χ3n) is 8.67. The normalized spacial score (nSPS) is 15.6. The molecule has 1 aliphatic rings. The zero-order valence-electron chi connectivity index (χ0n) is 25.9. The highest BCUT2D eigenvalue weighted by atomic mass is 16.5. The molecular weight excluding hydrogens is 576 g/mol. The zero-order valence-corrected chi connectivity index (χ0v) is 25.9. The van der Waals surface area contributed by atoms with Gasteiger partial charge in [0.15, 0.2) is 0 Å². The number of nitrogens with zero attached hydrogens (tertiary/aromatic N) is 3. The molecule has 0 radical (unpaired) electrons. The average Bonchev–Trinajstić information content (AvgIpc) is 3.78. The van der Waals surface area contributed by atoms with Crippen LogP contribution in [0.3, 0.4) is 0 Å². The number of amides is 1. The molecule has 1 fully saturated rings. The number of esters is 1. The fourth-order valence-corrected chi connectivity index (χ4v) is 6.45. The molecule has 0 saturated carbocycles. The van der Waals surface area contributed by atoms with Crippen molar-refractivity contribution in [1.82, 2.24) is 19.8 Å². The molecule has 4 aromatic carbocycles. The first-order valence-corrected chi connectivity index (χ1v) is 15.6. The molecule has 1 saturated heterocycles. The van der Waals surface area contributed by atoms with Gasteiger partial charge >= 0.3 is 12.1 Å². The molecule has 234 valence electrons. The lowest BCUT2D eigenvalue weighted by molar-refractivity contribution is -0.146. The van der Waals surface area contributed by atoms with Crippen LogP contribution in [0.15, 0.2) is 134 Å². The van der Waals surface area contributed by atoms with Crippen LogP contribution in [0.5, 0.6) is 0 Å². The minimum atomic E-state index is -0.696. The Labute approximate surface area is 269 Å². The van der Waals surface area contributed by atoms with Crippen molar-refractivity contribution in [3.05, 3.63) is 162 Å². The Morgan fingerprint density at radius 1 is 0.848 bits per heavy atom. The monoisotopic (exact) mass is 614 g/mol. The van der Waals surface area contributed by atoms with E-state index in [4.69, 9.17) is 14.5 Å². The van der Waals surface area contributed by atoms with E-state index in [9.17, 15) is 9.59 Å². The molecule has 1 aliphatic heterocycles. The Hall–Kier alpha value is -5.21. The van der Waals surface area contributed by atoms with Gasteiger partial charge in [0.1, 0.15) is 18.2 Å². The summed E-state index contributed by atoms with van der Waals surface area (Å²) < 4.78 is 12.8. The lowest BCUT2D eigenvalue weighted by atomic mass is 9.77. The van der Waals surface area contributed by atoms with Crippen LogP contribution < -0.4 is 5.32 Å². The number of carbonyl (C=O) groups excluding carboxylic acids is 2. The maximum atomic E-state index is 13.1. The number of nitrogens with one attached hydrogen (secondary N) is 1. The van der Waals surface area contributed by atoms with Gasteiger partial charge in [0, 0.05) is 31.7 Å². The third kappa shape index (κ3) is 6.57. The Bertz CT molecular complexity index is 1610. The Morgan fingerprint density at radius 2 is 1.39 bits per heavy atom. The van der Waals surface area contributed by atoms with Gasteiger partial charge in [-0.15, -0.1) is 0 Å². The highest BCUT2D eigenvalue weighted by Gasteiger charge is 2.39. The van der Waals surface area contributed by atoms with Gasteiger partial charge in [0.05, 0.1) is 19.1 Å². The number of hydrogen-bond donors (Lipinski definition) is 1. The fraction of sp³-hybridized carbons (Fsp3) is 0.237. The van der Waals surface area contributed by atoms with Gasteiger partial charge in [-0.05, 0) is 28.7 Å². The van der Waals surface area contributed by atoms with Gasteiger partial charge < -0.3 is 19.4 Å². The van der Waals surface area contributed by atoms with E-state index in [1.807, 2.05) is 61.1 Å². The van der Waals surface area contributed by atoms with Crippen molar-refractivity contribution in [1.29, 1.82) is 0 Å². The highest BCUT2D eigenvalue weighted by molar-refractivity contribution is 5.76. The van der Waals surface area contributed by atoms with E-state index in [-0.39, 0.29) is 18.6 Å². The number of rotatable bonds is 11. The van der Waals surface area contributed by atoms with Crippen molar-refractivity contribution in [2.24, 2.45) is 0 Å². The van der Waals surface area contributed by atoms with E-state index in [0.717, 1.165) is 27.9 Å². The molecule has 1 aromatic heterocycles. The molecule has 0 spiro atoms. The Kier molecular flexibility index (Phi) is 9.55. The molecule has 2 atom stereocenters. The highest BCUT2D eigenvalue weighted by Crippen LogP contribution is 2.40. The van der Waals surface area contributed by atoms with Crippen molar-refractivity contribution in [3.63, 3.8) is 0 Å². The first kappa shape index (κ1) is 30.8. The van der Waals surface area contributed by atoms with Crippen molar-refractivity contribution in [3.8, 4) is 0 Å². The number of methoxy groups -OCH3 is 1. The topological polar surface area (TPSA) is 85.7 Å². The van der Waals surface area contributed by atoms with Crippen LogP contribution in [0.25, 0.3) is 0 Å². The number of hydrogen-bond acceptors (Lipinski definition) is 6. The van der Waals surface area contributed by atoms with Crippen LogP contribution in [0, 0.1) is 0 Å². The second-order valence-electron chi connectivity index (χ2n) is 11.5. The molecule has 0 bridgehead atoms. The van der Waals surface area contributed by atoms with Crippen molar-refractivity contribution in [2.45, 2.75) is 37.1 Å². The second-order valence-corrected chi connectivity index (χ2v) is 11.5. The molecule has 0 aliphatic carbocycles. The van der Waals surface area contributed by atoms with Crippen LogP contribution in [0.1, 0.15) is 34.4 Å². The van der Waals surface area contributed by atoms with Gasteiger partial charge in [-0.25, -0.2) is 9.78 Å². The Balaban J connectivity index is 1.24. The maximum Gasteiger partial charge on any atom is 0.407 e. The van der Waals surface area contributed by atoms with Gasteiger partial charge in [0.25, 0.3) is 0 Å². The smallest absolute Gasteiger partial charge is 0.407 e. The first-order chi connectivity index (χ1) is 22.6. The van der Waals surface area contributed by atoms with Gasteiger partial charge in [0.2, 0.25) is 0 Å². The standard InChI is InChI=1S/C38H38N4O4/c1-45-36(43)35(41-23-22-33(25-41)40-37(44)46-27-29-14-6-2-7-15-29)24-34-26-42(28-39-34)38(30-16-8-3-9-17-30,31-18-10-4-11-19-31)32-20-12-5-13-21-32/h2-21,26,28,33,35H,22-25,27H2,1H3,(H,40,44). The third-order valence-corrected chi connectivity index (χ3v) is 8.67. The molecule has 46 heavy (non-hydrogen) atoms. The number of benzene rings is 4. The predicted octanol–water partition coefficient (Wildman–Crippen LogP) is 5.81. The van der Waals surface area contributed by atoms with Gasteiger partial charge in [-0.2, -0.15) is 0 Å². The van der Waals surface area contributed by atoms with E-state index >= 15 is 0 Å². The van der Waals surface area contributed by atoms with Crippen molar-refractivity contribution < 1.29 is 19.1 Å². The number of ether oxygens (including phenoxy) is 2. The number of aromatic nitrogens is 2. The summed E-state index contributed by atoms with van der Waals surface area (Å²) in [4.78, 5) is 32.6. The lowest BCUT2D eigenvalue weighted by Crippen LogP contribution is -2.44. The number of carbonyl (C=O) groups is 2. The van der Waals surface area contributed by atoms with E-state index in [1.165, 1.54) is 7.11 Å². The summed E-state index contributed by atoms with van der Waals surface area (Å²) in [5.74, 6) is -0.331. The first-order valence-electron chi connectivity index (χ1n) is 15.6. The SMILES string of the molecule is COC(=O)C(Cc1cn(C(c2ccccc2)(c2ccccc2)c2ccccc2)cn1)N1CCC(NC(=O)OCc2ccccc2)C1. The second kappa shape index (κ2) is 14.3. The molecule has 2 heterocycles. The molecule has 5 aromatic rings. The van der Waals surface area contributed by atoms with Gasteiger partial charge in [-0.1, -0.05) is 121 Å². The zero-order chi connectivity index (χ0) is 31.8.